The van der Waals surface area contributed by atoms with Crippen molar-refractivity contribution in [2.45, 2.75) is 31.2 Å². The molecule has 4 nitrogen and oxygen atoms in total. The molecule has 6 heteroatoms. The maximum atomic E-state index is 15.1. The SMILES string of the molecule is C[C@H](c1ccc(-c2nc3ccc(C4(c5ccccc5)CC4)nc3s2)c(F)c1)N1CC(C=O)C1. The molecular weight excluding hydrogens is 433 g/mol. The highest BCUT2D eigenvalue weighted by molar-refractivity contribution is 7.21. The van der Waals surface area contributed by atoms with Crippen LogP contribution in [0.15, 0.2) is 60.7 Å². The fourth-order valence-electron chi connectivity index (χ4n) is 4.90. The van der Waals surface area contributed by atoms with Gasteiger partial charge in [-0.2, -0.15) is 0 Å². The Hall–Kier alpha value is -2.96. The number of halogens is 1. The predicted octanol–water partition coefficient (Wildman–Crippen LogP) is 5.77. The molecule has 2 aliphatic rings. The standard InChI is InChI=1S/C27H24FN3OS/c1-17(31-14-18(15-31)16-32)19-7-8-21(22(28)13-19)25-29-23-9-10-24(30-26(23)33-25)27(11-12-27)20-5-3-2-4-6-20/h2-10,13,16-18H,11-12,14-15H2,1H3/t17-/m1/s1. The Balaban J connectivity index is 1.29. The Bertz CT molecular complexity index is 1340. The number of aldehydes is 1. The second kappa shape index (κ2) is 7.82. The molecule has 4 aromatic rings. The molecule has 2 fully saturated rings. The van der Waals surface area contributed by atoms with Crippen LogP contribution in [-0.4, -0.2) is 34.2 Å². The van der Waals surface area contributed by atoms with E-state index in [1.165, 1.54) is 16.9 Å². The third kappa shape index (κ3) is 3.49. The highest BCUT2D eigenvalue weighted by Gasteiger charge is 2.47. The third-order valence-electron chi connectivity index (χ3n) is 7.21. The first kappa shape index (κ1) is 20.6. The normalized spacial score (nSPS) is 18.7. The number of hydrogen-bond acceptors (Lipinski definition) is 5. The first-order valence-electron chi connectivity index (χ1n) is 11.4. The molecule has 0 spiro atoms. The van der Waals surface area contributed by atoms with Gasteiger partial charge in [-0.25, -0.2) is 14.4 Å². The van der Waals surface area contributed by atoms with E-state index in [4.69, 9.17) is 4.98 Å². The summed E-state index contributed by atoms with van der Waals surface area (Å²) in [7, 11) is 0. The lowest BCUT2D eigenvalue weighted by Gasteiger charge is -2.40. The number of aromatic nitrogens is 2. The van der Waals surface area contributed by atoms with E-state index in [1.54, 1.807) is 6.07 Å². The lowest BCUT2D eigenvalue weighted by atomic mass is 9.92. The van der Waals surface area contributed by atoms with Gasteiger partial charge in [0.15, 0.2) is 0 Å². The number of benzene rings is 2. The summed E-state index contributed by atoms with van der Waals surface area (Å²) in [6.45, 7) is 3.54. The smallest absolute Gasteiger partial charge is 0.144 e. The van der Waals surface area contributed by atoms with E-state index >= 15 is 4.39 Å². The molecule has 1 saturated carbocycles. The molecule has 33 heavy (non-hydrogen) atoms. The van der Waals surface area contributed by atoms with Crippen molar-refractivity contribution in [2.75, 3.05) is 13.1 Å². The van der Waals surface area contributed by atoms with Gasteiger partial charge in [-0.05, 0) is 55.2 Å². The number of fused-ring (bicyclic) bond motifs is 1. The average Bonchev–Trinajstić information content (AvgIpc) is 3.51. The molecule has 0 unspecified atom stereocenters. The Morgan fingerprint density at radius 1 is 1.09 bits per heavy atom. The van der Waals surface area contributed by atoms with Gasteiger partial charge in [-0.15, -0.1) is 0 Å². The van der Waals surface area contributed by atoms with E-state index in [-0.39, 0.29) is 23.2 Å². The zero-order valence-electron chi connectivity index (χ0n) is 18.4. The Kier molecular flexibility index (Phi) is 4.89. The van der Waals surface area contributed by atoms with Crippen LogP contribution in [0, 0.1) is 11.7 Å². The zero-order valence-corrected chi connectivity index (χ0v) is 19.2. The van der Waals surface area contributed by atoms with Gasteiger partial charge in [0, 0.05) is 36.0 Å². The Labute approximate surface area is 196 Å². The van der Waals surface area contributed by atoms with Crippen molar-refractivity contribution in [2.24, 2.45) is 5.92 Å². The van der Waals surface area contributed by atoms with Gasteiger partial charge in [0.2, 0.25) is 0 Å². The van der Waals surface area contributed by atoms with Crippen LogP contribution in [0.5, 0.6) is 0 Å². The number of pyridine rings is 1. The molecule has 1 aliphatic heterocycles. The van der Waals surface area contributed by atoms with Crippen LogP contribution in [0.25, 0.3) is 20.9 Å². The molecule has 3 heterocycles. The van der Waals surface area contributed by atoms with E-state index in [1.807, 2.05) is 24.3 Å². The molecule has 0 radical (unpaired) electrons. The minimum Gasteiger partial charge on any atom is -0.303 e. The van der Waals surface area contributed by atoms with Gasteiger partial charge in [0.1, 0.15) is 27.5 Å². The van der Waals surface area contributed by atoms with E-state index in [9.17, 15) is 4.79 Å². The number of carbonyl (C=O) groups excluding carboxylic acids is 1. The maximum absolute atomic E-state index is 15.1. The largest absolute Gasteiger partial charge is 0.303 e. The van der Waals surface area contributed by atoms with Crippen LogP contribution in [0.2, 0.25) is 0 Å². The molecule has 6 rings (SSSR count). The van der Waals surface area contributed by atoms with Crippen LogP contribution < -0.4 is 0 Å². The lowest BCUT2D eigenvalue weighted by Crippen LogP contribution is -2.48. The monoisotopic (exact) mass is 457 g/mol. The zero-order chi connectivity index (χ0) is 22.6. The summed E-state index contributed by atoms with van der Waals surface area (Å²) in [5.74, 6) is -0.164. The van der Waals surface area contributed by atoms with Crippen molar-refractivity contribution in [1.29, 1.82) is 0 Å². The highest BCUT2D eigenvalue weighted by Crippen LogP contribution is 2.53. The molecular formula is C27H24FN3OS. The number of likely N-dealkylation sites (tertiary alicyclic amines) is 1. The Morgan fingerprint density at radius 2 is 1.88 bits per heavy atom. The van der Waals surface area contributed by atoms with Crippen LogP contribution in [-0.2, 0) is 10.2 Å². The molecule has 1 aliphatic carbocycles. The summed E-state index contributed by atoms with van der Waals surface area (Å²) >= 11 is 1.45. The number of carbonyl (C=O) groups is 1. The van der Waals surface area contributed by atoms with Crippen molar-refractivity contribution >= 4 is 28.0 Å². The van der Waals surface area contributed by atoms with Gasteiger partial charge >= 0.3 is 0 Å². The van der Waals surface area contributed by atoms with Crippen molar-refractivity contribution in [3.8, 4) is 10.6 Å². The number of rotatable bonds is 6. The minimum absolute atomic E-state index is 0.00234. The third-order valence-corrected chi connectivity index (χ3v) is 8.20. The lowest BCUT2D eigenvalue weighted by molar-refractivity contribution is -0.116. The van der Waals surface area contributed by atoms with Crippen molar-refractivity contribution < 1.29 is 9.18 Å². The van der Waals surface area contributed by atoms with Crippen LogP contribution in [0.3, 0.4) is 0 Å². The van der Waals surface area contributed by atoms with Gasteiger partial charge in [-0.3, -0.25) is 4.90 Å². The summed E-state index contributed by atoms with van der Waals surface area (Å²) in [6.07, 6.45) is 3.20. The van der Waals surface area contributed by atoms with Gasteiger partial charge < -0.3 is 4.79 Å². The quantitative estimate of drug-likeness (QED) is 0.345. The summed E-state index contributed by atoms with van der Waals surface area (Å²) < 4.78 is 15.1. The van der Waals surface area contributed by atoms with Crippen molar-refractivity contribution in [3.05, 3.63) is 83.3 Å². The van der Waals surface area contributed by atoms with Gasteiger partial charge in [-0.1, -0.05) is 47.7 Å². The van der Waals surface area contributed by atoms with Crippen molar-refractivity contribution in [3.63, 3.8) is 0 Å². The molecule has 2 aromatic heterocycles. The number of nitrogens with zero attached hydrogens (tertiary/aromatic N) is 3. The number of thiazole rings is 1. The van der Waals surface area contributed by atoms with Crippen LogP contribution >= 0.6 is 11.3 Å². The average molecular weight is 458 g/mol. The molecule has 1 atom stereocenters. The maximum Gasteiger partial charge on any atom is 0.144 e. The first-order valence-corrected chi connectivity index (χ1v) is 12.2. The van der Waals surface area contributed by atoms with E-state index in [0.717, 1.165) is 53.8 Å². The second-order valence-corrected chi connectivity index (χ2v) is 10.2. The van der Waals surface area contributed by atoms with Crippen LogP contribution in [0.1, 0.15) is 42.6 Å². The Morgan fingerprint density at radius 3 is 2.58 bits per heavy atom. The van der Waals surface area contributed by atoms with Crippen LogP contribution in [0.4, 0.5) is 4.39 Å². The summed E-state index contributed by atoms with van der Waals surface area (Å²) in [4.78, 5) is 23.6. The van der Waals surface area contributed by atoms with Crippen molar-refractivity contribution in [1.82, 2.24) is 14.9 Å². The van der Waals surface area contributed by atoms with E-state index < -0.39 is 0 Å². The highest BCUT2D eigenvalue weighted by atomic mass is 32.1. The predicted molar refractivity (Wildman–Crippen MR) is 129 cm³/mol. The fraction of sp³-hybridized carbons (Fsp3) is 0.296. The minimum atomic E-state index is -0.269. The summed E-state index contributed by atoms with van der Waals surface area (Å²) in [6, 6.07) is 20.1. The van der Waals surface area contributed by atoms with Gasteiger partial charge in [0.25, 0.3) is 0 Å². The van der Waals surface area contributed by atoms with Gasteiger partial charge in [0.05, 0.1) is 5.69 Å². The van der Waals surface area contributed by atoms with E-state index in [0.29, 0.717) is 10.6 Å². The molecule has 2 aromatic carbocycles. The number of hydrogen-bond donors (Lipinski definition) is 0. The first-order chi connectivity index (χ1) is 16.1. The molecule has 0 N–H and O–H groups in total. The molecule has 0 bridgehead atoms. The molecule has 1 saturated heterocycles. The summed E-state index contributed by atoms with van der Waals surface area (Å²) in [5.41, 5.74) is 4.61. The molecule has 0 amide bonds. The second-order valence-electron chi connectivity index (χ2n) is 9.25. The van der Waals surface area contributed by atoms with E-state index in [2.05, 4.69) is 47.1 Å². The molecule has 166 valence electrons. The summed E-state index contributed by atoms with van der Waals surface area (Å²) in [5, 5.41) is 0.654. The fourth-order valence-corrected chi connectivity index (χ4v) is 5.87. The topological polar surface area (TPSA) is 46.1 Å².